The molecule has 2 amide bonds. The minimum Gasteiger partial charge on any atom is -0.335 e. The topological polar surface area (TPSA) is 99.7 Å². The van der Waals surface area contributed by atoms with Crippen molar-refractivity contribution < 1.29 is 31.2 Å². The van der Waals surface area contributed by atoms with E-state index in [1.54, 1.807) is 10.1 Å². The summed E-state index contributed by atoms with van der Waals surface area (Å²) >= 11 is 1.28. The lowest BCUT2D eigenvalue weighted by molar-refractivity contribution is -0.136. The van der Waals surface area contributed by atoms with Crippen LogP contribution in [0.4, 0.5) is 18.9 Å². The number of carbonyl (C=O) groups is 2. The van der Waals surface area contributed by atoms with Crippen LogP contribution in [-0.4, -0.2) is 61.2 Å². The molecule has 1 N–H and O–H groups in total. The summed E-state index contributed by atoms with van der Waals surface area (Å²) in [7, 11) is -3.29. The third kappa shape index (κ3) is 4.85. The third-order valence-electron chi connectivity index (χ3n) is 4.29. The van der Waals surface area contributed by atoms with Crippen LogP contribution in [0.5, 0.6) is 0 Å². The molecule has 1 aliphatic rings. The second kappa shape index (κ2) is 8.37. The highest BCUT2D eigenvalue weighted by Crippen LogP contribution is 2.35. The Morgan fingerprint density at radius 1 is 1.07 bits per heavy atom. The van der Waals surface area contributed by atoms with Crippen molar-refractivity contribution >= 4 is 39.7 Å². The normalized spacial score (nSPS) is 14.9. The van der Waals surface area contributed by atoms with Crippen LogP contribution in [0.1, 0.15) is 26.4 Å². The van der Waals surface area contributed by atoms with Crippen molar-refractivity contribution in [3.05, 3.63) is 45.9 Å². The Hall–Kier alpha value is -2.67. The van der Waals surface area contributed by atoms with E-state index in [2.05, 4.69) is 4.98 Å². The number of aromatic nitrogens is 1. The van der Waals surface area contributed by atoms with Gasteiger partial charge in [-0.3, -0.25) is 14.3 Å². The highest BCUT2D eigenvalue weighted by Gasteiger charge is 2.35. The van der Waals surface area contributed by atoms with Gasteiger partial charge < -0.3 is 9.80 Å². The Balaban J connectivity index is 1.73. The number of alkyl halides is 3. The lowest BCUT2D eigenvalue weighted by Crippen LogP contribution is -2.50. The van der Waals surface area contributed by atoms with Gasteiger partial charge in [0.15, 0.2) is 0 Å². The zero-order valence-electron chi connectivity index (χ0n) is 14.7. The number of thiol groups is 1. The molecule has 0 spiro atoms. The summed E-state index contributed by atoms with van der Waals surface area (Å²) in [6, 6.07) is 2.66. The Kier molecular flexibility index (Phi) is 6.07. The van der Waals surface area contributed by atoms with E-state index >= 15 is 0 Å². The molecule has 0 bridgehead atoms. The Labute approximate surface area is 169 Å². The first kappa shape index (κ1) is 21.0. The zero-order valence-corrected chi connectivity index (χ0v) is 16.4. The number of nitrogens with one attached hydrogen (secondary N) is 1. The van der Waals surface area contributed by atoms with Crippen LogP contribution < -0.4 is 4.72 Å². The number of carbonyl (C=O) groups excluding carboxylic acids is 2. The predicted molar refractivity (Wildman–Crippen MR) is 99.3 cm³/mol. The minimum absolute atomic E-state index is 0.155. The highest BCUT2D eigenvalue weighted by molar-refractivity contribution is 7.73. The van der Waals surface area contributed by atoms with E-state index in [-0.39, 0.29) is 37.6 Å². The SMILES string of the molecule is O=C(c1ccc(N[SH](=O)=O)c(C(F)(F)F)c1)N1CCN(C(=O)c2cscn2)CC1. The van der Waals surface area contributed by atoms with E-state index in [1.807, 2.05) is 0 Å². The molecule has 156 valence electrons. The van der Waals surface area contributed by atoms with Gasteiger partial charge in [-0.05, 0) is 18.2 Å². The summed E-state index contributed by atoms with van der Waals surface area (Å²) in [5.41, 5.74) is -0.274. The van der Waals surface area contributed by atoms with Crippen molar-refractivity contribution in [2.24, 2.45) is 0 Å². The number of halogens is 3. The second-order valence-electron chi connectivity index (χ2n) is 6.09. The Morgan fingerprint density at radius 2 is 1.69 bits per heavy atom. The molecule has 0 saturated carbocycles. The van der Waals surface area contributed by atoms with Crippen molar-refractivity contribution in [3.63, 3.8) is 0 Å². The third-order valence-corrected chi connectivity index (χ3v) is 5.30. The molecule has 0 radical (unpaired) electrons. The molecule has 2 heterocycles. The fourth-order valence-corrected chi connectivity index (χ4v) is 3.80. The average molecular weight is 448 g/mol. The van der Waals surface area contributed by atoms with Gasteiger partial charge in [0.2, 0.25) is 10.9 Å². The van der Waals surface area contributed by atoms with Crippen LogP contribution in [0, 0.1) is 0 Å². The fraction of sp³-hybridized carbons (Fsp3) is 0.312. The van der Waals surface area contributed by atoms with Gasteiger partial charge in [-0.2, -0.15) is 13.2 Å². The van der Waals surface area contributed by atoms with Crippen LogP contribution in [0.25, 0.3) is 0 Å². The molecule has 1 saturated heterocycles. The first-order chi connectivity index (χ1) is 13.7. The minimum atomic E-state index is -4.84. The molecule has 0 aliphatic carbocycles. The van der Waals surface area contributed by atoms with Gasteiger partial charge in [0.25, 0.3) is 11.8 Å². The standard InChI is InChI=1S/C16H15F3N4O4S2/c17-16(18,19)11-7-10(1-2-12(11)21-29(26)27)14(24)22-3-5-23(6-4-22)15(25)13-8-28-9-20-13/h1-2,7-9,29H,3-6H2,(H,21,26,27). The average Bonchev–Trinajstić information content (AvgIpc) is 3.21. The van der Waals surface area contributed by atoms with E-state index in [1.165, 1.54) is 26.6 Å². The summed E-state index contributed by atoms with van der Waals surface area (Å²) in [6.45, 7) is 0.764. The van der Waals surface area contributed by atoms with Crippen molar-refractivity contribution in [1.29, 1.82) is 0 Å². The van der Waals surface area contributed by atoms with Gasteiger partial charge in [0.1, 0.15) is 5.69 Å². The van der Waals surface area contributed by atoms with Crippen LogP contribution in [0.15, 0.2) is 29.1 Å². The predicted octanol–water partition coefficient (Wildman–Crippen LogP) is 1.70. The van der Waals surface area contributed by atoms with Crippen molar-refractivity contribution in [3.8, 4) is 0 Å². The van der Waals surface area contributed by atoms with Gasteiger partial charge >= 0.3 is 6.18 Å². The number of hydrogen-bond acceptors (Lipinski definition) is 6. The molecule has 2 aromatic rings. The van der Waals surface area contributed by atoms with E-state index in [0.717, 1.165) is 12.1 Å². The van der Waals surface area contributed by atoms with Crippen LogP contribution >= 0.6 is 11.3 Å². The first-order valence-corrected chi connectivity index (χ1v) is 10.4. The summed E-state index contributed by atoms with van der Waals surface area (Å²) in [5.74, 6) is -0.894. The Morgan fingerprint density at radius 3 is 2.21 bits per heavy atom. The molecular weight excluding hydrogens is 433 g/mol. The van der Waals surface area contributed by atoms with Gasteiger partial charge in [-0.25, -0.2) is 13.4 Å². The molecular formula is C16H15F3N4O4S2. The molecule has 29 heavy (non-hydrogen) atoms. The molecule has 1 fully saturated rings. The van der Waals surface area contributed by atoms with E-state index in [0.29, 0.717) is 11.8 Å². The number of rotatable bonds is 4. The lowest BCUT2D eigenvalue weighted by Gasteiger charge is -2.34. The van der Waals surface area contributed by atoms with Gasteiger partial charge in [0.05, 0.1) is 16.8 Å². The molecule has 0 unspecified atom stereocenters. The van der Waals surface area contributed by atoms with Crippen LogP contribution in [0.3, 0.4) is 0 Å². The number of nitrogens with zero attached hydrogens (tertiary/aromatic N) is 3. The Bertz CT molecular complexity index is 977. The molecule has 8 nitrogen and oxygen atoms in total. The van der Waals surface area contributed by atoms with E-state index < -0.39 is 34.2 Å². The maximum Gasteiger partial charge on any atom is 0.418 e. The van der Waals surface area contributed by atoms with Crippen molar-refractivity contribution in [2.75, 3.05) is 30.9 Å². The van der Waals surface area contributed by atoms with Crippen LogP contribution in [0.2, 0.25) is 0 Å². The quantitative estimate of drug-likeness (QED) is 0.694. The smallest absolute Gasteiger partial charge is 0.335 e. The number of thiazole rings is 1. The number of piperazine rings is 1. The molecule has 3 rings (SSSR count). The second-order valence-corrected chi connectivity index (χ2v) is 7.54. The number of anilines is 1. The fourth-order valence-electron chi connectivity index (χ4n) is 2.88. The number of hydrogen-bond donors (Lipinski definition) is 2. The summed E-state index contributed by atoms with van der Waals surface area (Å²) in [5, 5.41) is 1.61. The van der Waals surface area contributed by atoms with Crippen LogP contribution in [-0.2, 0) is 17.1 Å². The molecule has 13 heteroatoms. The first-order valence-electron chi connectivity index (χ1n) is 8.26. The maximum absolute atomic E-state index is 13.2. The largest absolute Gasteiger partial charge is 0.418 e. The summed E-state index contributed by atoms with van der Waals surface area (Å²) in [6.07, 6.45) is -4.84. The molecule has 1 aromatic heterocycles. The van der Waals surface area contributed by atoms with Gasteiger partial charge in [-0.1, -0.05) is 0 Å². The zero-order chi connectivity index (χ0) is 21.2. The van der Waals surface area contributed by atoms with Crippen molar-refractivity contribution in [1.82, 2.24) is 14.8 Å². The van der Waals surface area contributed by atoms with E-state index in [9.17, 15) is 31.2 Å². The van der Waals surface area contributed by atoms with Crippen molar-refractivity contribution in [2.45, 2.75) is 6.18 Å². The number of amides is 2. The highest BCUT2D eigenvalue weighted by atomic mass is 32.2. The molecule has 0 atom stereocenters. The summed E-state index contributed by atoms with van der Waals surface area (Å²) in [4.78, 5) is 31.7. The molecule has 1 aromatic carbocycles. The monoisotopic (exact) mass is 448 g/mol. The molecule has 1 aliphatic heterocycles. The van der Waals surface area contributed by atoms with Gasteiger partial charge in [-0.15, -0.1) is 11.3 Å². The number of benzene rings is 1. The summed E-state index contributed by atoms with van der Waals surface area (Å²) < 4.78 is 62.9. The maximum atomic E-state index is 13.2. The van der Waals surface area contributed by atoms with Gasteiger partial charge in [0, 0.05) is 37.1 Å². The lowest BCUT2D eigenvalue weighted by atomic mass is 10.1. The van der Waals surface area contributed by atoms with E-state index in [4.69, 9.17) is 0 Å².